The molecule has 0 saturated heterocycles. The molecule has 2 aromatic heterocycles. The number of carbonyl (C=O) groups excluding carboxylic acids is 2. The van der Waals surface area contributed by atoms with E-state index in [1.54, 1.807) is 0 Å². The number of thiophene rings is 1. The number of benzene rings is 1. The third kappa shape index (κ3) is 5.26. The molecule has 0 fully saturated rings. The molecule has 0 radical (unpaired) electrons. The summed E-state index contributed by atoms with van der Waals surface area (Å²) < 4.78 is 6.97. The fourth-order valence-electron chi connectivity index (χ4n) is 3.96. The summed E-state index contributed by atoms with van der Waals surface area (Å²) in [6, 6.07) is 7.45. The predicted octanol–water partition coefficient (Wildman–Crippen LogP) is 5.47. The number of amides is 1. The minimum atomic E-state index is -0.394. The number of hydrogen-bond donors (Lipinski definition) is 1. The number of halogens is 1. The quantitative estimate of drug-likeness (QED) is 0.261. The Hall–Kier alpha value is -2.36. The van der Waals surface area contributed by atoms with E-state index < -0.39 is 5.97 Å². The largest absolute Gasteiger partial charge is 0.465 e. The highest BCUT2D eigenvalue weighted by Crippen LogP contribution is 2.38. The molecule has 0 atom stereocenters. The van der Waals surface area contributed by atoms with Crippen LogP contribution in [0.25, 0.3) is 11.4 Å². The second-order valence-electron chi connectivity index (χ2n) is 7.66. The van der Waals surface area contributed by atoms with E-state index in [0.29, 0.717) is 33.1 Å². The van der Waals surface area contributed by atoms with E-state index >= 15 is 0 Å². The van der Waals surface area contributed by atoms with E-state index in [-0.39, 0.29) is 11.7 Å². The van der Waals surface area contributed by atoms with Gasteiger partial charge in [-0.25, -0.2) is 4.79 Å². The first-order valence-corrected chi connectivity index (χ1v) is 13.0. The lowest BCUT2D eigenvalue weighted by molar-refractivity contribution is -0.113. The van der Waals surface area contributed by atoms with Crippen LogP contribution in [0, 0.1) is 0 Å². The minimum Gasteiger partial charge on any atom is -0.465 e. The van der Waals surface area contributed by atoms with Crippen LogP contribution in [0.4, 0.5) is 5.00 Å². The number of nitrogens with zero attached hydrogens (tertiary/aromatic N) is 3. The highest BCUT2D eigenvalue weighted by Gasteiger charge is 2.26. The first kappa shape index (κ1) is 23.8. The SMILES string of the molecule is CCn1c(SCC(=O)Nc2sc3c(c2C(=O)OC)CCCCC3)nnc1-c1cccc(Cl)c1. The number of anilines is 1. The Labute approximate surface area is 205 Å². The number of aromatic nitrogens is 3. The van der Waals surface area contributed by atoms with Gasteiger partial charge in [-0.1, -0.05) is 41.9 Å². The third-order valence-electron chi connectivity index (χ3n) is 5.51. The maximum Gasteiger partial charge on any atom is 0.341 e. The first-order valence-electron chi connectivity index (χ1n) is 10.9. The monoisotopic (exact) mass is 504 g/mol. The molecule has 2 heterocycles. The summed E-state index contributed by atoms with van der Waals surface area (Å²) in [5.41, 5.74) is 2.41. The molecule has 0 aliphatic heterocycles. The molecule has 1 aliphatic carbocycles. The van der Waals surface area contributed by atoms with E-state index in [9.17, 15) is 9.59 Å². The van der Waals surface area contributed by atoms with Crippen molar-refractivity contribution < 1.29 is 14.3 Å². The van der Waals surface area contributed by atoms with Gasteiger partial charge in [-0.05, 0) is 50.3 Å². The van der Waals surface area contributed by atoms with Gasteiger partial charge in [-0.3, -0.25) is 4.79 Å². The molecule has 4 rings (SSSR count). The third-order valence-corrected chi connectivity index (χ3v) is 7.92. The smallest absolute Gasteiger partial charge is 0.341 e. The number of methoxy groups -OCH3 is 1. The molecule has 1 aromatic carbocycles. The normalized spacial score (nSPS) is 13.3. The maximum absolute atomic E-state index is 12.8. The highest BCUT2D eigenvalue weighted by molar-refractivity contribution is 7.99. The summed E-state index contributed by atoms with van der Waals surface area (Å²) in [7, 11) is 1.37. The van der Waals surface area contributed by atoms with Crippen molar-refractivity contribution in [2.45, 2.75) is 50.7 Å². The number of esters is 1. The van der Waals surface area contributed by atoms with Crippen molar-refractivity contribution in [2.24, 2.45) is 0 Å². The van der Waals surface area contributed by atoms with E-state index in [2.05, 4.69) is 15.5 Å². The van der Waals surface area contributed by atoms with Gasteiger partial charge in [-0.2, -0.15) is 0 Å². The zero-order chi connectivity index (χ0) is 23.4. The molecule has 7 nitrogen and oxygen atoms in total. The Morgan fingerprint density at radius 1 is 1.24 bits per heavy atom. The van der Waals surface area contributed by atoms with Crippen LogP contribution in [-0.2, 0) is 28.9 Å². The minimum absolute atomic E-state index is 0.150. The van der Waals surface area contributed by atoms with Gasteiger partial charge in [0.05, 0.1) is 18.4 Å². The maximum atomic E-state index is 12.8. The van der Waals surface area contributed by atoms with E-state index in [4.69, 9.17) is 16.3 Å². The number of hydrogen-bond acceptors (Lipinski definition) is 7. The van der Waals surface area contributed by atoms with Gasteiger partial charge in [0, 0.05) is 22.0 Å². The van der Waals surface area contributed by atoms with Crippen LogP contribution in [0.2, 0.25) is 5.02 Å². The van der Waals surface area contributed by atoms with E-state index in [1.165, 1.54) is 35.1 Å². The average Bonchev–Trinajstić information content (AvgIpc) is 3.29. The molecular weight excluding hydrogens is 480 g/mol. The second kappa shape index (κ2) is 10.7. The van der Waals surface area contributed by atoms with Crippen LogP contribution in [0.5, 0.6) is 0 Å². The molecule has 1 aliphatic rings. The standard InChI is InChI=1S/C23H25ClN4O3S2/c1-3-28-20(14-8-7-9-15(24)12-14)26-27-23(28)32-13-18(29)25-21-19(22(30)31-2)16-10-5-4-6-11-17(16)33-21/h7-9,12H,3-6,10-11,13H2,1-2H3,(H,25,29). The Kier molecular flexibility index (Phi) is 7.72. The Balaban J connectivity index is 1.49. The lowest BCUT2D eigenvalue weighted by Crippen LogP contribution is -2.16. The van der Waals surface area contributed by atoms with E-state index in [1.807, 2.05) is 35.8 Å². The zero-order valence-corrected chi connectivity index (χ0v) is 20.9. The number of ether oxygens (including phenoxy) is 1. The molecule has 0 saturated carbocycles. The molecule has 174 valence electrons. The van der Waals surface area contributed by atoms with Crippen LogP contribution in [0.1, 0.15) is 47.0 Å². The lowest BCUT2D eigenvalue weighted by atomic mass is 10.1. The highest BCUT2D eigenvalue weighted by atomic mass is 35.5. The molecule has 1 amide bonds. The van der Waals surface area contributed by atoms with Gasteiger partial charge in [0.25, 0.3) is 0 Å². The van der Waals surface area contributed by atoms with Crippen molar-refractivity contribution in [1.29, 1.82) is 0 Å². The Bertz CT molecular complexity index is 1170. The zero-order valence-electron chi connectivity index (χ0n) is 18.5. The molecule has 0 unspecified atom stereocenters. The molecular formula is C23H25ClN4O3S2. The average molecular weight is 505 g/mol. The number of thioether (sulfide) groups is 1. The number of carbonyl (C=O) groups is 2. The van der Waals surface area contributed by atoms with Crippen LogP contribution < -0.4 is 5.32 Å². The number of fused-ring (bicyclic) bond motifs is 1. The Morgan fingerprint density at radius 2 is 2.06 bits per heavy atom. The molecule has 33 heavy (non-hydrogen) atoms. The fraction of sp³-hybridized carbons (Fsp3) is 0.391. The van der Waals surface area contributed by atoms with Crippen LogP contribution in [0.15, 0.2) is 29.4 Å². The van der Waals surface area contributed by atoms with Gasteiger partial charge in [0.15, 0.2) is 11.0 Å². The summed E-state index contributed by atoms with van der Waals surface area (Å²) in [5, 5.41) is 13.4. The molecule has 10 heteroatoms. The number of rotatable bonds is 7. The summed E-state index contributed by atoms with van der Waals surface area (Å²) in [5.74, 6) is 0.264. The summed E-state index contributed by atoms with van der Waals surface area (Å²) >= 11 is 8.92. The van der Waals surface area contributed by atoms with Crippen molar-refractivity contribution in [3.8, 4) is 11.4 Å². The molecule has 3 aromatic rings. The van der Waals surface area contributed by atoms with Gasteiger partial charge in [0.2, 0.25) is 5.91 Å². The van der Waals surface area contributed by atoms with Crippen LogP contribution in [0.3, 0.4) is 0 Å². The topological polar surface area (TPSA) is 86.1 Å². The number of aryl methyl sites for hydroxylation is 1. The van der Waals surface area contributed by atoms with Crippen LogP contribution in [-0.4, -0.2) is 39.5 Å². The summed E-state index contributed by atoms with van der Waals surface area (Å²) in [6.45, 7) is 2.66. The molecule has 0 bridgehead atoms. The Morgan fingerprint density at radius 3 is 2.82 bits per heavy atom. The van der Waals surface area contributed by atoms with Crippen molar-refractivity contribution in [3.05, 3.63) is 45.3 Å². The fourth-order valence-corrected chi connectivity index (χ4v) is 6.25. The van der Waals surface area contributed by atoms with Crippen molar-refractivity contribution in [3.63, 3.8) is 0 Å². The molecule has 1 N–H and O–H groups in total. The first-order chi connectivity index (χ1) is 16.0. The lowest BCUT2D eigenvalue weighted by Gasteiger charge is -2.09. The number of nitrogens with one attached hydrogen (secondary N) is 1. The van der Waals surface area contributed by atoms with Gasteiger partial charge < -0.3 is 14.6 Å². The van der Waals surface area contributed by atoms with Crippen molar-refractivity contribution >= 4 is 51.6 Å². The van der Waals surface area contributed by atoms with E-state index in [0.717, 1.165) is 43.2 Å². The summed E-state index contributed by atoms with van der Waals surface area (Å²) in [4.78, 5) is 26.5. The van der Waals surface area contributed by atoms with Gasteiger partial charge >= 0.3 is 5.97 Å². The molecule has 0 spiro atoms. The van der Waals surface area contributed by atoms with Crippen molar-refractivity contribution in [2.75, 3.05) is 18.2 Å². The van der Waals surface area contributed by atoms with Crippen molar-refractivity contribution in [1.82, 2.24) is 14.8 Å². The summed E-state index contributed by atoms with van der Waals surface area (Å²) in [6.07, 6.45) is 5.06. The second-order valence-corrected chi connectivity index (χ2v) is 10.1. The van der Waals surface area contributed by atoms with Gasteiger partial charge in [0.1, 0.15) is 5.00 Å². The van der Waals surface area contributed by atoms with Crippen LogP contribution >= 0.6 is 34.7 Å². The van der Waals surface area contributed by atoms with Gasteiger partial charge in [-0.15, -0.1) is 21.5 Å². The predicted molar refractivity (Wildman–Crippen MR) is 132 cm³/mol.